The molecular formula is C39H48O. The van der Waals surface area contributed by atoms with Gasteiger partial charge in [0.2, 0.25) is 0 Å². The molecule has 0 spiro atoms. The molecule has 0 heterocycles. The zero-order valence-corrected chi connectivity index (χ0v) is 25.5. The average Bonchev–Trinajstić information content (AvgIpc) is 2.94. The molecule has 0 bridgehead atoms. The minimum absolute atomic E-state index is 0.506. The minimum Gasteiger partial charge on any atom is -0.384 e. The van der Waals surface area contributed by atoms with E-state index in [0.717, 1.165) is 42.4 Å². The van der Waals surface area contributed by atoms with E-state index in [9.17, 15) is 5.11 Å². The van der Waals surface area contributed by atoms with Crippen LogP contribution >= 0.6 is 0 Å². The first-order valence-corrected chi connectivity index (χ1v) is 14.7. The van der Waals surface area contributed by atoms with E-state index in [4.69, 9.17) is 0 Å². The summed E-state index contributed by atoms with van der Waals surface area (Å²) < 4.78 is 0. The first-order chi connectivity index (χ1) is 19.2. The van der Waals surface area contributed by atoms with Gasteiger partial charge in [0.05, 0.1) is 5.41 Å². The van der Waals surface area contributed by atoms with Crippen LogP contribution in [-0.2, 0) is 5.41 Å². The largest absolute Gasteiger partial charge is 0.384 e. The molecule has 0 fully saturated rings. The van der Waals surface area contributed by atoms with Crippen molar-refractivity contribution in [2.24, 2.45) is 0 Å². The van der Waals surface area contributed by atoms with Crippen molar-refractivity contribution in [3.05, 3.63) is 154 Å². The van der Waals surface area contributed by atoms with Crippen LogP contribution in [0.25, 0.3) is 0 Å². The van der Waals surface area contributed by atoms with E-state index in [0.29, 0.717) is 6.42 Å². The molecule has 0 saturated heterocycles. The van der Waals surface area contributed by atoms with Crippen LogP contribution in [0.15, 0.2) is 138 Å². The maximum Gasteiger partial charge on any atom is 0.104 e. The predicted octanol–water partition coefficient (Wildman–Crippen LogP) is 10.5. The number of allylic oxidation sites excluding steroid dienone is 6. The molecule has 0 aliphatic rings. The molecule has 0 radical (unpaired) electrons. The Hall–Kier alpha value is -3.42. The molecule has 40 heavy (non-hydrogen) atoms. The molecule has 1 heteroatoms. The van der Waals surface area contributed by atoms with Gasteiger partial charge in [-0.15, -0.1) is 0 Å². The van der Waals surface area contributed by atoms with E-state index in [1.807, 2.05) is 0 Å². The van der Waals surface area contributed by atoms with Gasteiger partial charge in [-0.3, -0.25) is 0 Å². The highest BCUT2D eigenvalue weighted by molar-refractivity contribution is 5.56. The normalized spacial score (nSPS) is 13.9. The van der Waals surface area contributed by atoms with E-state index < -0.39 is 11.0 Å². The SMILES string of the molecule is CC(C)=CCC/C(C)=C/CC(O)(/C=C(\C)CCC=C(C)C)C(c1ccccc1)(c1ccccc1)c1ccccc1. The fourth-order valence-electron chi connectivity index (χ4n) is 5.72. The van der Waals surface area contributed by atoms with Crippen molar-refractivity contribution >= 4 is 0 Å². The molecule has 1 unspecified atom stereocenters. The highest BCUT2D eigenvalue weighted by Crippen LogP contribution is 2.50. The van der Waals surface area contributed by atoms with E-state index >= 15 is 0 Å². The zero-order valence-electron chi connectivity index (χ0n) is 25.5. The summed E-state index contributed by atoms with van der Waals surface area (Å²) in [7, 11) is 0. The summed E-state index contributed by atoms with van der Waals surface area (Å²) in [5, 5.41) is 13.3. The third kappa shape index (κ3) is 7.83. The van der Waals surface area contributed by atoms with Crippen LogP contribution in [0.2, 0.25) is 0 Å². The predicted molar refractivity (Wildman–Crippen MR) is 174 cm³/mol. The van der Waals surface area contributed by atoms with Crippen molar-refractivity contribution < 1.29 is 5.11 Å². The number of benzene rings is 3. The van der Waals surface area contributed by atoms with Crippen molar-refractivity contribution in [3.63, 3.8) is 0 Å². The Labute approximate surface area is 243 Å². The molecule has 3 rings (SSSR count). The molecule has 0 aliphatic heterocycles. The number of aliphatic hydroxyl groups is 1. The third-order valence-corrected chi connectivity index (χ3v) is 7.70. The van der Waals surface area contributed by atoms with Crippen molar-refractivity contribution in [2.45, 2.75) is 84.7 Å². The smallest absolute Gasteiger partial charge is 0.104 e. The molecule has 1 atom stereocenters. The van der Waals surface area contributed by atoms with Gasteiger partial charge in [0, 0.05) is 0 Å². The van der Waals surface area contributed by atoms with Crippen LogP contribution in [0.5, 0.6) is 0 Å². The molecule has 1 nitrogen and oxygen atoms in total. The van der Waals surface area contributed by atoms with Gasteiger partial charge in [0.25, 0.3) is 0 Å². The summed E-state index contributed by atoms with van der Waals surface area (Å²) in [5.41, 5.74) is 6.38. The third-order valence-electron chi connectivity index (χ3n) is 7.70. The van der Waals surface area contributed by atoms with Gasteiger partial charge in [0.15, 0.2) is 0 Å². The van der Waals surface area contributed by atoms with Crippen molar-refractivity contribution in [1.82, 2.24) is 0 Å². The molecule has 3 aromatic carbocycles. The van der Waals surface area contributed by atoms with Gasteiger partial charge < -0.3 is 5.11 Å². The Morgan fingerprint density at radius 2 is 0.925 bits per heavy atom. The lowest BCUT2D eigenvalue weighted by molar-refractivity contribution is 0.0414. The second-order valence-corrected chi connectivity index (χ2v) is 11.7. The second-order valence-electron chi connectivity index (χ2n) is 11.7. The lowest BCUT2D eigenvalue weighted by atomic mass is 9.57. The van der Waals surface area contributed by atoms with Gasteiger partial charge in [0.1, 0.15) is 5.60 Å². The number of rotatable bonds is 13. The summed E-state index contributed by atoms with van der Waals surface area (Å²) in [6.45, 7) is 12.9. The Bertz CT molecular complexity index is 1200. The Morgan fingerprint density at radius 1 is 0.550 bits per heavy atom. The highest BCUT2D eigenvalue weighted by Gasteiger charge is 2.52. The maximum atomic E-state index is 13.3. The van der Waals surface area contributed by atoms with Gasteiger partial charge in [-0.25, -0.2) is 0 Å². The number of hydrogen-bond acceptors (Lipinski definition) is 1. The van der Waals surface area contributed by atoms with Crippen LogP contribution in [0.1, 0.15) is 90.3 Å². The Kier molecular flexibility index (Phi) is 11.5. The molecule has 0 aromatic heterocycles. The fraction of sp³-hybridized carbons (Fsp3) is 0.333. The average molecular weight is 533 g/mol. The summed E-state index contributed by atoms with van der Waals surface area (Å²) >= 11 is 0. The molecular weight excluding hydrogens is 484 g/mol. The monoisotopic (exact) mass is 532 g/mol. The van der Waals surface area contributed by atoms with Crippen molar-refractivity contribution in [3.8, 4) is 0 Å². The topological polar surface area (TPSA) is 20.2 Å². The second kappa shape index (κ2) is 14.8. The fourth-order valence-corrected chi connectivity index (χ4v) is 5.72. The van der Waals surface area contributed by atoms with E-state index in [-0.39, 0.29) is 0 Å². The molecule has 0 saturated carbocycles. The lowest BCUT2D eigenvalue weighted by Crippen LogP contribution is -2.52. The summed E-state index contributed by atoms with van der Waals surface area (Å²) in [6, 6.07) is 31.7. The Balaban J connectivity index is 2.30. The van der Waals surface area contributed by atoms with Gasteiger partial charge >= 0.3 is 0 Å². The molecule has 1 N–H and O–H groups in total. The highest BCUT2D eigenvalue weighted by atomic mass is 16.3. The van der Waals surface area contributed by atoms with Crippen molar-refractivity contribution in [2.75, 3.05) is 0 Å². The molecule has 210 valence electrons. The molecule has 3 aromatic rings. The van der Waals surface area contributed by atoms with Crippen LogP contribution in [-0.4, -0.2) is 10.7 Å². The molecule has 0 amide bonds. The zero-order chi connectivity index (χ0) is 29.0. The molecule has 0 aliphatic carbocycles. The van der Waals surface area contributed by atoms with Crippen LogP contribution in [0.4, 0.5) is 0 Å². The maximum absolute atomic E-state index is 13.3. The van der Waals surface area contributed by atoms with Crippen LogP contribution in [0.3, 0.4) is 0 Å². The minimum atomic E-state index is -1.22. The van der Waals surface area contributed by atoms with Crippen LogP contribution in [0, 0.1) is 0 Å². The van der Waals surface area contributed by atoms with Gasteiger partial charge in [-0.2, -0.15) is 0 Å². The van der Waals surface area contributed by atoms with E-state index in [1.165, 1.54) is 22.3 Å². The summed E-state index contributed by atoms with van der Waals surface area (Å²) in [5.74, 6) is 0. The van der Waals surface area contributed by atoms with Gasteiger partial charge in [-0.1, -0.05) is 138 Å². The van der Waals surface area contributed by atoms with Crippen LogP contribution < -0.4 is 0 Å². The Morgan fingerprint density at radius 3 is 1.30 bits per heavy atom. The van der Waals surface area contributed by atoms with Crippen molar-refractivity contribution in [1.29, 1.82) is 0 Å². The first-order valence-electron chi connectivity index (χ1n) is 14.7. The van der Waals surface area contributed by atoms with Gasteiger partial charge in [-0.05, 0) is 90.3 Å². The van der Waals surface area contributed by atoms with E-state index in [2.05, 4.69) is 157 Å². The quantitative estimate of drug-likeness (QED) is 0.171. The standard InChI is InChI=1S/C39H48O/c1-31(2)18-16-20-33(5)28-29-38(40,30-34(6)21-17-19-32(3)4)39(35-22-10-7-11-23-35,36-24-12-8-13-25-36)37-26-14-9-15-27-37/h7-15,18-19,22-28,30,40H,16-17,20-21,29H2,1-6H3/b33-28+,34-30+. The summed E-state index contributed by atoms with van der Waals surface area (Å²) in [4.78, 5) is 0. The summed E-state index contributed by atoms with van der Waals surface area (Å²) in [6.07, 6.45) is 13.4. The van der Waals surface area contributed by atoms with E-state index in [1.54, 1.807) is 0 Å². The first kappa shape index (κ1) is 31.1. The number of hydrogen-bond donors (Lipinski definition) is 1. The lowest BCUT2D eigenvalue weighted by Gasteiger charge is -2.48.